The Morgan fingerprint density at radius 2 is 2.00 bits per heavy atom. The van der Waals surface area contributed by atoms with Gasteiger partial charge in [0.15, 0.2) is 0 Å². The molecule has 0 aromatic heterocycles. The average Bonchev–Trinajstić information content (AvgIpc) is 1.85. The number of hydrogen-bond acceptors (Lipinski definition) is 2. The van der Waals surface area contributed by atoms with Gasteiger partial charge >= 0.3 is 0 Å². The molecule has 3 nitrogen and oxygen atoms in total. The lowest BCUT2D eigenvalue weighted by Crippen LogP contribution is -2.34. The maximum atomic E-state index is 10.8. The van der Waals surface area contributed by atoms with E-state index in [-0.39, 0.29) is 0 Å². The van der Waals surface area contributed by atoms with Crippen LogP contribution in [0.25, 0.3) is 0 Å². The molecule has 0 heterocycles. The van der Waals surface area contributed by atoms with Gasteiger partial charge in [0.25, 0.3) is 10.1 Å². The molecule has 1 atom stereocenters. The molecule has 1 unspecified atom stereocenters. The van der Waals surface area contributed by atoms with Crippen molar-refractivity contribution in [2.75, 3.05) is 0 Å². The van der Waals surface area contributed by atoms with Crippen LogP contribution in [-0.4, -0.2) is 18.2 Å². The van der Waals surface area contributed by atoms with Crippen LogP contribution >= 0.6 is 0 Å². The van der Waals surface area contributed by atoms with Crippen molar-refractivity contribution in [2.24, 2.45) is 5.41 Å². The van der Waals surface area contributed by atoms with E-state index in [2.05, 4.69) is 5.92 Å². The minimum Gasteiger partial charge on any atom is -0.285 e. The third-order valence-electron chi connectivity index (χ3n) is 1.91. The zero-order valence-corrected chi connectivity index (χ0v) is 8.35. The summed E-state index contributed by atoms with van der Waals surface area (Å²) in [5, 5.41) is -0.880. The van der Waals surface area contributed by atoms with Gasteiger partial charge in [-0.2, -0.15) is 8.42 Å². The van der Waals surface area contributed by atoms with Crippen LogP contribution in [0.4, 0.5) is 0 Å². The fourth-order valence-electron chi connectivity index (χ4n) is 1.19. The Hall–Kier alpha value is -0.530. The summed E-state index contributed by atoms with van der Waals surface area (Å²) in [6, 6.07) is 0. The molecule has 0 aromatic rings. The number of rotatable bonds is 3. The fraction of sp³-hybridized carbons (Fsp3) is 0.750. The van der Waals surface area contributed by atoms with E-state index in [1.54, 1.807) is 20.8 Å². The van der Waals surface area contributed by atoms with Gasteiger partial charge in [-0.05, 0) is 20.3 Å². The maximum absolute atomic E-state index is 10.8. The molecule has 0 aromatic carbocycles. The van der Waals surface area contributed by atoms with Gasteiger partial charge in [-0.1, -0.05) is 12.8 Å². The predicted octanol–water partition coefficient (Wildman–Crippen LogP) is 1.31. The van der Waals surface area contributed by atoms with E-state index in [9.17, 15) is 8.42 Å². The van der Waals surface area contributed by atoms with Crippen LogP contribution in [0.2, 0.25) is 0 Å². The first-order valence-corrected chi connectivity index (χ1v) is 5.20. The van der Waals surface area contributed by atoms with Crippen molar-refractivity contribution in [1.82, 2.24) is 0 Å². The van der Waals surface area contributed by atoms with E-state index >= 15 is 0 Å². The molecular formula is C8H14O3S. The van der Waals surface area contributed by atoms with Crippen LogP contribution in [0, 0.1) is 17.8 Å². The molecule has 0 saturated heterocycles. The van der Waals surface area contributed by atoms with Crippen molar-refractivity contribution < 1.29 is 13.0 Å². The number of terminal acetylenes is 1. The first kappa shape index (κ1) is 11.5. The largest absolute Gasteiger partial charge is 0.285 e. The zero-order valence-electron chi connectivity index (χ0n) is 7.53. The molecular weight excluding hydrogens is 176 g/mol. The second kappa shape index (κ2) is 3.46. The maximum Gasteiger partial charge on any atom is 0.269 e. The summed E-state index contributed by atoms with van der Waals surface area (Å²) in [6.45, 7) is 4.92. The Morgan fingerprint density at radius 3 is 2.08 bits per heavy atom. The van der Waals surface area contributed by atoms with Crippen molar-refractivity contribution in [3.8, 4) is 12.3 Å². The first-order valence-electron chi connectivity index (χ1n) is 3.69. The Bertz CT molecular complexity index is 282. The zero-order chi connectivity index (χ0) is 9.99. The van der Waals surface area contributed by atoms with E-state index in [4.69, 9.17) is 11.0 Å². The summed E-state index contributed by atoms with van der Waals surface area (Å²) >= 11 is 0. The standard InChI is InChI=1S/C8H14O3S/c1-5-7(12(9,10)11)8(3,4)6-2/h2,7H,5H2,1,3-4H3,(H,9,10,11). The van der Waals surface area contributed by atoms with Crippen LogP contribution in [0.5, 0.6) is 0 Å². The Labute approximate surface area is 73.9 Å². The van der Waals surface area contributed by atoms with Crippen LogP contribution < -0.4 is 0 Å². The lowest BCUT2D eigenvalue weighted by molar-refractivity contribution is 0.393. The van der Waals surface area contributed by atoms with E-state index in [0.29, 0.717) is 6.42 Å². The van der Waals surface area contributed by atoms with E-state index in [1.165, 1.54) is 0 Å². The van der Waals surface area contributed by atoms with Crippen LogP contribution in [-0.2, 0) is 10.1 Å². The van der Waals surface area contributed by atoms with Gasteiger partial charge in [0, 0.05) is 5.41 Å². The molecule has 0 rings (SSSR count). The van der Waals surface area contributed by atoms with Crippen molar-refractivity contribution in [3.05, 3.63) is 0 Å². The molecule has 0 saturated carbocycles. The molecule has 0 fully saturated rings. The second-order valence-electron chi connectivity index (χ2n) is 3.28. The number of hydrogen-bond donors (Lipinski definition) is 1. The molecule has 0 aliphatic rings. The van der Waals surface area contributed by atoms with Crippen LogP contribution in [0.3, 0.4) is 0 Å². The third-order valence-corrected chi connectivity index (χ3v) is 3.55. The van der Waals surface area contributed by atoms with Gasteiger partial charge in [0.1, 0.15) is 5.25 Å². The Morgan fingerprint density at radius 1 is 1.58 bits per heavy atom. The molecule has 12 heavy (non-hydrogen) atoms. The van der Waals surface area contributed by atoms with Crippen LogP contribution in [0.15, 0.2) is 0 Å². The van der Waals surface area contributed by atoms with Crippen LogP contribution in [0.1, 0.15) is 27.2 Å². The van der Waals surface area contributed by atoms with Crippen molar-refractivity contribution >= 4 is 10.1 Å². The second-order valence-corrected chi connectivity index (χ2v) is 4.88. The molecule has 70 valence electrons. The molecule has 4 heteroatoms. The van der Waals surface area contributed by atoms with Gasteiger partial charge in [0.2, 0.25) is 0 Å². The quantitative estimate of drug-likeness (QED) is 0.539. The van der Waals surface area contributed by atoms with Gasteiger partial charge in [-0.3, -0.25) is 4.55 Å². The highest BCUT2D eigenvalue weighted by atomic mass is 32.2. The molecule has 0 bridgehead atoms. The molecule has 0 radical (unpaired) electrons. The van der Waals surface area contributed by atoms with Crippen molar-refractivity contribution in [2.45, 2.75) is 32.4 Å². The summed E-state index contributed by atoms with van der Waals surface area (Å²) in [6.07, 6.45) is 5.47. The lowest BCUT2D eigenvalue weighted by atomic mass is 9.89. The fourth-order valence-corrected chi connectivity index (χ4v) is 2.42. The monoisotopic (exact) mass is 190 g/mol. The van der Waals surface area contributed by atoms with Crippen molar-refractivity contribution in [3.63, 3.8) is 0 Å². The molecule has 1 N–H and O–H groups in total. The third kappa shape index (κ3) is 2.50. The minimum absolute atomic E-state index is 0.316. The lowest BCUT2D eigenvalue weighted by Gasteiger charge is -2.25. The van der Waals surface area contributed by atoms with Gasteiger partial charge in [-0.15, -0.1) is 6.42 Å². The van der Waals surface area contributed by atoms with Crippen molar-refractivity contribution in [1.29, 1.82) is 0 Å². The Balaban J connectivity index is 4.98. The summed E-state index contributed by atoms with van der Waals surface area (Å²) in [7, 11) is -4.03. The average molecular weight is 190 g/mol. The smallest absolute Gasteiger partial charge is 0.269 e. The van der Waals surface area contributed by atoms with Gasteiger partial charge in [-0.25, -0.2) is 0 Å². The first-order chi connectivity index (χ1) is 5.25. The highest BCUT2D eigenvalue weighted by Crippen LogP contribution is 2.27. The highest BCUT2D eigenvalue weighted by Gasteiger charge is 2.35. The normalized spacial score (nSPS) is 15.2. The Kier molecular flexibility index (Phi) is 3.31. The summed E-state index contributed by atoms with van der Waals surface area (Å²) < 4.78 is 30.5. The van der Waals surface area contributed by atoms with Gasteiger partial charge < -0.3 is 0 Å². The van der Waals surface area contributed by atoms with E-state index < -0.39 is 20.8 Å². The van der Waals surface area contributed by atoms with Gasteiger partial charge in [0.05, 0.1) is 0 Å². The molecule has 0 spiro atoms. The topological polar surface area (TPSA) is 54.4 Å². The summed E-state index contributed by atoms with van der Waals surface area (Å²) in [5.74, 6) is 2.36. The summed E-state index contributed by atoms with van der Waals surface area (Å²) in [4.78, 5) is 0. The minimum atomic E-state index is -4.03. The summed E-state index contributed by atoms with van der Waals surface area (Å²) in [5.41, 5.74) is -0.817. The predicted molar refractivity (Wildman–Crippen MR) is 48.2 cm³/mol. The van der Waals surface area contributed by atoms with E-state index in [0.717, 1.165) is 0 Å². The highest BCUT2D eigenvalue weighted by molar-refractivity contribution is 7.86. The SMILES string of the molecule is C#CC(C)(C)C(CC)S(=O)(=O)O. The molecule has 0 aliphatic carbocycles. The van der Waals surface area contributed by atoms with E-state index in [1.807, 2.05) is 0 Å². The molecule has 0 aliphatic heterocycles. The molecule has 0 amide bonds.